The van der Waals surface area contributed by atoms with Gasteiger partial charge in [-0.3, -0.25) is 24.4 Å². The second kappa shape index (κ2) is 26.4. The number of ether oxygens (including phenoxy) is 2. The van der Waals surface area contributed by atoms with Gasteiger partial charge in [0.05, 0.1) is 39.7 Å². The number of phenolic OH excluding ortho intramolecular Hbond substituents is 1. The molecule has 2 bridgehead atoms. The minimum Gasteiger partial charge on any atom is -0.508 e. The van der Waals surface area contributed by atoms with Gasteiger partial charge in [0.2, 0.25) is 11.8 Å². The number of thiazole rings is 1. The number of hydrogen-bond donors (Lipinski definition) is 3. The first-order valence-corrected chi connectivity index (χ1v) is 33.6. The minimum atomic E-state index is -1.42. The van der Waals surface area contributed by atoms with Crippen LogP contribution in [0.1, 0.15) is 128 Å². The largest absolute Gasteiger partial charge is 0.508 e. The molecule has 13 rings (SSSR count). The number of rotatable bonds is 17. The molecule has 0 aliphatic carbocycles. The van der Waals surface area contributed by atoms with Gasteiger partial charge in [0.1, 0.15) is 52.6 Å². The van der Waals surface area contributed by atoms with Crippen LogP contribution in [0.3, 0.4) is 0 Å². The summed E-state index contributed by atoms with van der Waals surface area (Å²) in [5.74, 6) is -0.863. The molecule has 92 heavy (non-hydrogen) atoms. The summed E-state index contributed by atoms with van der Waals surface area (Å²) in [7, 11) is 0. The molecule has 3 amide bonds. The van der Waals surface area contributed by atoms with Crippen LogP contribution in [0.2, 0.25) is 0 Å². The Kier molecular flexibility index (Phi) is 18.5. The summed E-state index contributed by atoms with van der Waals surface area (Å²) in [5.41, 5.74) is 4.18. The fourth-order valence-electron chi connectivity index (χ4n) is 14.5. The number of piperazine rings is 2. The van der Waals surface area contributed by atoms with Crippen molar-refractivity contribution in [3.8, 4) is 33.5 Å². The highest BCUT2D eigenvalue weighted by Gasteiger charge is 2.46. The predicted octanol–water partition coefficient (Wildman–Crippen LogP) is 10.6. The standard InChI is InChI=1S/C69H86F2N12O8S/c1-10-44-13-11-14-47-29-50(84)30-52(58(44)47)60-59(70)61-53(33-72-60)63(81-35-49-16-12-15-48(81)36-82(49)67(88)90-68(7,8)9)76-66(75-61)89-28-27-78-23-21-69(71,22-24-78)38-79-25-26-80(41(4)34-79)56-32-55(91-77-56)57(40(2)3)65(87)83-37-51(85)31-54(83)64(86)74-42(5)45-17-19-46(20-18-45)62-43(6)73-39-92-62/h11,13-14,17-20,29-30,32-33,39-42,48-49,51,54,57,84-85H,10,12,15-16,21-28,31,34-38H2,1-9H3,(H,74,86)/t41-,42-,48?,49?,51+,54-,57-/m0/s1. The molecule has 7 aromatic rings. The molecule has 3 aromatic carbocycles. The number of nitrogens with one attached hydrogen (secondary N) is 1. The Morgan fingerprint density at radius 3 is 2.40 bits per heavy atom. The average molecular weight is 1280 g/mol. The zero-order valence-electron chi connectivity index (χ0n) is 54.2. The summed E-state index contributed by atoms with van der Waals surface area (Å²) in [6.45, 7) is 22.0. The molecule has 0 spiro atoms. The number of aliphatic hydroxyl groups is 1. The van der Waals surface area contributed by atoms with Crippen molar-refractivity contribution in [2.45, 2.75) is 161 Å². The van der Waals surface area contributed by atoms with Crippen LogP contribution in [-0.4, -0.2) is 186 Å². The molecule has 6 aliphatic rings. The van der Waals surface area contributed by atoms with Crippen LogP contribution in [-0.2, 0) is 20.7 Å². The van der Waals surface area contributed by atoms with Crippen molar-refractivity contribution >= 4 is 62.6 Å². The highest BCUT2D eigenvalue weighted by molar-refractivity contribution is 7.13. The van der Waals surface area contributed by atoms with Gasteiger partial charge in [0, 0.05) is 102 Å². The van der Waals surface area contributed by atoms with Crippen molar-refractivity contribution in [3.63, 3.8) is 0 Å². The number of amides is 3. The number of halogens is 2. The van der Waals surface area contributed by atoms with Gasteiger partial charge < -0.3 is 49.1 Å². The van der Waals surface area contributed by atoms with Crippen molar-refractivity contribution in [2.75, 3.05) is 81.9 Å². The van der Waals surface area contributed by atoms with E-state index in [2.05, 4.69) is 42.0 Å². The van der Waals surface area contributed by atoms with E-state index in [4.69, 9.17) is 28.9 Å². The number of carbonyl (C=O) groups is 3. The van der Waals surface area contributed by atoms with Crippen molar-refractivity contribution in [3.05, 3.63) is 101 Å². The van der Waals surface area contributed by atoms with Crippen LogP contribution in [0.25, 0.3) is 43.4 Å². The number of aromatic nitrogens is 5. The molecule has 0 radical (unpaired) electrons. The first kappa shape index (κ1) is 64.5. The van der Waals surface area contributed by atoms with Crippen LogP contribution in [0.5, 0.6) is 11.8 Å². The predicted molar refractivity (Wildman–Crippen MR) is 350 cm³/mol. The Bertz CT molecular complexity index is 3830. The number of aliphatic hydroxyl groups excluding tert-OH is 1. The van der Waals surface area contributed by atoms with Crippen molar-refractivity contribution in [2.24, 2.45) is 5.92 Å². The number of likely N-dealkylation sites (tertiary alicyclic amines) is 2. The molecule has 2 unspecified atom stereocenters. The average Bonchev–Trinajstić information content (AvgIpc) is 0.827. The molecule has 7 atom stereocenters. The van der Waals surface area contributed by atoms with Crippen molar-refractivity contribution < 1.29 is 47.4 Å². The molecule has 6 aliphatic heterocycles. The van der Waals surface area contributed by atoms with E-state index in [-0.39, 0.29) is 97.1 Å². The number of phenols is 1. The zero-order chi connectivity index (χ0) is 64.9. The molecule has 4 aromatic heterocycles. The second-order valence-electron chi connectivity index (χ2n) is 27.3. The highest BCUT2D eigenvalue weighted by atomic mass is 32.1. The molecule has 3 N–H and O–H groups in total. The lowest BCUT2D eigenvalue weighted by Gasteiger charge is -2.44. The lowest BCUT2D eigenvalue weighted by molar-refractivity contribution is -0.141. The number of piperidine rings is 1. The highest BCUT2D eigenvalue weighted by Crippen LogP contribution is 2.42. The van der Waals surface area contributed by atoms with Crippen molar-refractivity contribution in [1.29, 1.82) is 0 Å². The number of β-amino-alcohol motifs (C(OH)–C–C–N with tert-alkyl or cyclic N) is 1. The first-order valence-electron chi connectivity index (χ1n) is 32.7. The van der Waals surface area contributed by atoms with E-state index >= 15 is 8.78 Å². The Hall–Kier alpha value is -7.60. The number of nitrogens with zero attached hydrogens (tertiary/aromatic N) is 11. The molecule has 490 valence electrons. The summed E-state index contributed by atoms with van der Waals surface area (Å²) in [4.78, 5) is 73.9. The molecule has 23 heteroatoms. The zero-order valence-corrected chi connectivity index (χ0v) is 55.0. The van der Waals surface area contributed by atoms with Gasteiger partial charge in [-0.1, -0.05) is 68.4 Å². The van der Waals surface area contributed by atoms with E-state index in [0.29, 0.717) is 100.0 Å². The minimum absolute atomic E-state index is 0.00685. The number of carbonyl (C=O) groups excluding carboxylic acids is 3. The summed E-state index contributed by atoms with van der Waals surface area (Å²) in [6.07, 6.45) is 4.28. The number of hydrogen-bond acceptors (Lipinski definition) is 18. The maximum Gasteiger partial charge on any atom is 0.410 e. The van der Waals surface area contributed by atoms with Gasteiger partial charge in [0.25, 0.3) is 0 Å². The smallest absolute Gasteiger partial charge is 0.410 e. The van der Waals surface area contributed by atoms with Gasteiger partial charge in [0.15, 0.2) is 17.4 Å². The Morgan fingerprint density at radius 1 is 0.913 bits per heavy atom. The number of pyridine rings is 1. The normalized spacial score (nSPS) is 22.1. The van der Waals surface area contributed by atoms with Gasteiger partial charge in [-0.15, -0.1) is 11.3 Å². The third-order valence-corrected chi connectivity index (χ3v) is 20.3. The topological polar surface area (TPSA) is 219 Å². The summed E-state index contributed by atoms with van der Waals surface area (Å²) >= 11 is 1.58. The lowest BCUT2D eigenvalue weighted by Crippen LogP contribution is -2.59. The van der Waals surface area contributed by atoms with E-state index in [0.717, 1.165) is 57.3 Å². The molecule has 0 saturated carbocycles. The Labute approximate surface area is 540 Å². The Morgan fingerprint density at radius 2 is 1.68 bits per heavy atom. The summed E-state index contributed by atoms with van der Waals surface area (Å²) in [6, 6.07) is 17.2. The molecule has 6 saturated heterocycles. The fraction of sp³-hybridized carbons (Fsp3) is 0.536. The van der Waals surface area contributed by atoms with Gasteiger partial charge in [-0.25, -0.2) is 18.6 Å². The van der Waals surface area contributed by atoms with Crippen LogP contribution in [0.4, 0.5) is 25.2 Å². The maximum absolute atomic E-state index is 17.5. The molecular formula is C69H86F2N12O8S. The fourth-order valence-corrected chi connectivity index (χ4v) is 15.3. The number of aryl methyl sites for hydroxylation is 2. The summed E-state index contributed by atoms with van der Waals surface area (Å²) < 4.78 is 52.7. The van der Waals surface area contributed by atoms with Crippen molar-refractivity contribution in [1.82, 2.24) is 50.0 Å². The van der Waals surface area contributed by atoms with Crippen LogP contribution in [0.15, 0.2) is 76.9 Å². The van der Waals surface area contributed by atoms with E-state index in [1.54, 1.807) is 29.7 Å². The molecular weight excluding hydrogens is 1190 g/mol. The van der Waals surface area contributed by atoms with E-state index in [9.17, 15) is 24.6 Å². The van der Waals surface area contributed by atoms with E-state index in [1.165, 1.54) is 4.90 Å². The van der Waals surface area contributed by atoms with Gasteiger partial charge in [-0.05, 0) is 126 Å². The maximum atomic E-state index is 17.5. The molecule has 6 fully saturated rings. The third-order valence-electron chi connectivity index (χ3n) is 19.3. The van der Waals surface area contributed by atoms with Crippen LogP contribution >= 0.6 is 11.3 Å². The quantitative estimate of drug-likeness (QED) is 0.0772. The van der Waals surface area contributed by atoms with E-state index < -0.39 is 35.2 Å². The second-order valence-corrected chi connectivity index (χ2v) is 28.2. The van der Waals surface area contributed by atoms with Crippen LogP contribution < -0.4 is 19.9 Å². The lowest BCUT2D eigenvalue weighted by atomic mass is 9.91. The first-order chi connectivity index (χ1) is 44.0. The van der Waals surface area contributed by atoms with Gasteiger partial charge in [-0.2, -0.15) is 9.97 Å². The molecule has 20 nitrogen and oxygen atoms in total. The molecule has 10 heterocycles. The Balaban J connectivity index is 0.673. The van der Waals surface area contributed by atoms with Crippen LogP contribution in [0, 0.1) is 18.7 Å². The van der Waals surface area contributed by atoms with Gasteiger partial charge >= 0.3 is 12.1 Å². The number of benzene rings is 3. The number of alkyl halides is 1. The number of anilines is 2. The third kappa shape index (κ3) is 13.5. The SMILES string of the molecule is CCc1cccc2cc(O)cc(-c3ncc4c(N5CC6CCCC5CN6C(=O)OC(C)(C)C)nc(OCCN5CCC(F)(CN6CCN(c7cc([C@@H](C(=O)N8C[C@H](O)C[C@H]8C(=O)N[C@@H](C)c8ccc(-c9scnc9C)cc8)C(C)C)on7)[C@@H](C)C6)CC5)nc4c3F)c12. The number of aromatic hydroxyl groups is 1. The number of fused-ring (bicyclic) bond motifs is 6. The monoisotopic (exact) mass is 1280 g/mol. The summed E-state index contributed by atoms with van der Waals surface area (Å²) in [5, 5.41) is 31.3. The van der Waals surface area contributed by atoms with E-state index in [1.807, 2.05) is 114 Å².